The number of ether oxygens (including phenoxy) is 1. The highest BCUT2D eigenvalue weighted by Crippen LogP contribution is 2.36. The van der Waals surface area contributed by atoms with E-state index in [0.29, 0.717) is 19.4 Å². The number of nitrogens with zero attached hydrogens (tertiary/aromatic N) is 3. The van der Waals surface area contributed by atoms with Crippen molar-refractivity contribution >= 4 is 23.5 Å². The zero-order valence-corrected chi connectivity index (χ0v) is 12.5. The maximum absolute atomic E-state index is 11.8. The number of hydrogen-bond acceptors (Lipinski definition) is 7. The lowest BCUT2D eigenvalue weighted by atomic mass is 9.96. The molecule has 2 aromatic rings. The summed E-state index contributed by atoms with van der Waals surface area (Å²) in [7, 11) is 0. The topological polar surface area (TPSA) is 148 Å². The Labute approximate surface area is 130 Å². The number of nitrogen functional groups attached to an aromatic ring is 1. The third-order valence-electron chi connectivity index (χ3n) is 4.09. The first-order valence-corrected chi connectivity index (χ1v) is 7.29. The van der Waals surface area contributed by atoms with Gasteiger partial charge in [0.15, 0.2) is 17.4 Å². The molecular weight excluding hydrogens is 304 g/mol. The van der Waals surface area contributed by atoms with Gasteiger partial charge in [-0.2, -0.15) is 4.98 Å². The quantitative estimate of drug-likeness (QED) is 0.502. The molecule has 0 radical (unpaired) electrons. The molecule has 1 aliphatic heterocycles. The number of hydrogen-bond donors (Lipinski definition) is 4. The number of nitrogens with two attached hydrogens (primary N) is 1. The fraction of sp³-hybridized carbons (Fsp3) is 0.538. The molecule has 1 amide bonds. The molecule has 3 heterocycles. The Hall–Kier alpha value is -2.46. The number of anilines is 1. The summed E-state index contributed by atoms with van der Waals surface area (Å²) in [6, 6.07) is 0. The summed E-state index contributed by atoms with van der Waals surface area (Å²) in [5.41, 5.74) is 5.49. The minimum atomic E-state index is -0.882. The largest absolute Gasteiger partial charge is 0.388 e. The van der Waals surface area contributed by atoms with Crippen molar-refractivity contribution in [3.8, 4) is 0 Å². The molecule has 0 aliphatic carbocycles. The number of rotatable bonds is 5. The molecule has 3 rings (SSSR count). The zero-order valence-electron chi connectivity index (χ0n) is 12.5. The van der Waals surface area contributed by atoms with Crippen molar-refractivity contribution in [2.75, 3.05) is 12.3 Å². The molecule has 0 aromatic carbocycles. The molecule has 0 spiro atoms. The normalized spacial score (nSPS) is 27.4. The van der Waals surface area contributed by atoms with E-state index >= 15 is 0 Å². The number of aromatic amines is 1. The molecule has 5 N–H and O–H groups in total. The van der Waals surface area contributed by atoms with Gasteiger partial charge in [-0.25, -0.2) is 4.98 Å². The molecule has 10 nitrogen and oxygen atoms in total. The second kappa shape index (κ2) is 5.97. The number of amides is 1. The average Bonchev–Trinajstić information content (AvgIpc) is 3.06. The Morgan fingerprint density at radius 1 is 1.61 bits per heavy atom. The Morgan fingerprint density at radius 3 is 3.09 bits per heavy atom. The summed E-state index contributed by atoms with van der Waals surface area (Å²) < 4.78 is 7.38. The molecule has 10 heteroatoms. The van der Waals surface area contributed by atoms with Gasteiger partial charge in [0.1, 0.15) is 6.10 Å². The monoisotopic (exact) mass is 322 g/mol. The van der Waals surface area contributed by atoms with E-state index in [1.54, 1.807) is 0 Å². The number of carbonyl (C=O) groups excluding carboxylic acids is 1. The highest BCUT2D eigenvalue weighted by atomic mass is 16.5. The van der Waals surface area contributed by atoms with Crippen molar-refractivity contribution in [1.29, 1.82) is 0 Å². The van der Waals surface area contributed by atoms with Crippen LogP contribution < -0.4 is 16.6 Å². The molecule has 1 aliphatic rings. The van der Waals surface area contributed by atoms with E-state index < -0.39 is 17.9 Å². The number of aliphatic hydroxyl groups excluding tert-OH is 1. The fourth-order valence-corrected chi connectivity index (χ4v) is 2.99. The number of imidazole rings is 1. The van der Waals surface area contributed by atoms with E-state index in [4.69, 9.17) is 10.5 Å². The second-order valence-electron chi connectivity index (χ2n) is 5.43. The van der Waals surface area contributed by atoms with Gasteiger partial charge in [-0.05, 0) is 6.42 Å². The first-order valence-electron chi connectivity index (χ1n) is 7.29. The highest BCUT2D eigenvalue weighted by molar-refractivity contribution is 5.70. The van der Waals surface area contributed by atoms with Crippen molar-refractivity contribution < 1.29 is 14.6 Å². The molecule has 1 saturated heterocycles. The lowest BCUT2D eigenvalue weighted by molar-refractivity contribution is -0.109. The Bertz CT molecular complexity index is 771. The molecule has 0 bridgehead atoms. The van der Waals surface area contributed by atoms with E-state index in [2.05, 4.69) is 20.3 Å². The molecule has 2 aromatic heterocycles. The van der Waals surface area contributed by atoms with Crippen LogP contribution in [0, 0.1) is 5.92 Å². The molecule has 124 valence electrons. The molecule has 0 unspecified atom stereocenters. The van der Waals surface area contributed by atoms with E-state index in [0.717, 1.165) is 0 Å². The molecule has 23 heavy (non-hydrogen) atoms. The van der Waals surface area contributed by atoms with Crippen molar-refractivity contribution in [2.24, 2.45) is 5.92 Å². The van der Waals surface area contributed by atoms with Crippen LogP contribution in [0.15, 0.2) is 11.1 Å². The van der Waals surface area contributed by atoms with Crippen LogP contribution in [-0.4, -0.2) is 49.8 Å². The number of fused-ring (bicyclic) bond motifs is 1. The van der Waals surface area contributed by atoms with Crippen molar-refractivity contribution in [3.05, 3.63) is 16.7 Å². The minimum absolute atomic E-state index is 0.0389. The van der Waals surface area contributed by atoms with Gasteiger partial charge in [0.25, 0.3) is 5.56 Å². The maximum atomic E-state index is 11.8. The summed E-state index contributed by atoms with van der Waals surface area (Å²) in [5.74, 6) is -0.310. The zero-order chi connectivity index (χ0) is 16.6. The first-order chi connectivity index (χ1) is 11.1. The molecule has 4 atom stereocenters. The molecular formula is C13H18N6O4. The third kappa shape index (κ3) is 2.55. The predicted octanol–water partition coefficient (Wildman–Crippen LogP) is -1.27. The van der Waals surface area contributed by atoms with Gasteiger partial charge in [0.05, 0.1) is 12.4 Å². The van der Waals surface area contributed by atoms with Crippen molar-refractivity contribution in [1.82, 2.24) is 24.8 Å². The van der Waals surface area contributed by atoms with Crippen LogP contribution in [-0.2, 0) is 9.53 Å². The first kappa shape index (κ1) is 15.4. The SMILES string of the molecule is CC[C@H]1O[C@@H](n2cnc3c(=O)[nH]c(N)nc32)[C@H](O)[C@@H]1CNC=O. The maximum Gasteiger partial charge on any atom is 0.280 e. The number of H-pyrrole nitrogens is 1. The van der Waals surface area contributed by atoms with Crippen LogP contribution >= 0.6 is 0 Å². The van der Waals surface area contributed by atoms with Gasteiger partial charge in [0.2, 0.25) is 12.4 Å². The summed E-state index contributed by atoms with van der Waals surface area (Å²) in [4.78, 5) is 32.8. The van der Waals surface area contributed by atoms with Crippen LogP contribution in [0.5, 0.6) is 0 Å². The summed E-state index contributed by atoms with van der Waals surface area (Å²) in [6.45, 7) is 2.23. The minimum Gasteiger partial charge on any atom is -0.388 e. The second-order valence-corrected chi connectivity index (χ2v) is 5.43. The smallest absolute Gasteiger partial charge is 0.280 e. The summed E-state index contributed by atoms with van der Waals surface area (Å²) >= 11 is 0. The summed E-state index contributed by atoms with van der Waals surface area (Å²) in [6.07, 6.45) is 0.772. The number of aliphatic hydroxyl groups is 1. The van der Waals surface area contributed by atoms with Gasteiger partial charge < -0.3 is 20.9 Å². The van der Waals surface area contributed by atoms with E-state index in [9.17, 15) is 14.7 Å². The molecule has 1 fully saturated rings. The van der Waals surface area contributed by atoms with Gasteiger partial charge in [-0.3, -0.25) is 19.1 Å². The average molecular weight is 322 g/mol. The highest BCUT2D eigenvalue weighted by Gasteiger charge is 2.44. The number of nitrogens with one attached hydrogen (secondary N) is 2. The molecule has 0 saturated carbocycles. The van der Waals surface area contributed by atoms with Gasteiger partial charge in [0, 0.05) is 12.5 Å². The summed E-state index contributed by atoms with van der Waals surface area (Å²) in [5, 5.41) is 13.1. The lowest BCUT2D eigenvalue weighted by Gasteiger charge is -2.19. The Morgan fingerprint density at radius 2 is 2.39 bits per heavy atom. The third-order valence-corrected chi connectivity index (χ3v) is 4.09. The van der Waals surface area contributed by atoms with Crippen molar-refractivity contribution in [3.63, 3.8) is 0 Å². The van der Waals surface area contributed by atoms with Gasteiger partial charge >= 0.3 is 0 Å². The standard InChI is InChI=1S/C13H18N6O4/c1-2-7-6(3-15-5-20)9(21)12(23-7)19-4-16-8-10(19)17-13(14)18-11(8)22/h4-7,9,12,21H,2-3H2,1H3,(H,15,20)(H3,14,17,18,22)/t6-,7-,9-,12-/m1/s1. The number of carbonyl (C=O) groups is 1. The van der Waals surface area contributed by atoms with E-state index in [1.165, 1.54) is 10.9 Å². The van der Waals surface area contributed by atoms with Crippen LogP contribution in [0.4, 0.5) is 5.95 Å². The van der Waals surface area contributed by atoms with Crippen molar-refractivity contribution in [2.45, 2.75) is 31.8 Å². The van der Waals surface area contributed by atoms with Gasteiger partial charge in [-0.15, -0.1) is 0 Å². The predicted molar refractivity (Wildman–Crippen MR) is 80.3 cm³/mol. The van der Waals surface area contributed by atoms with E-state index in [-0.39, 0.29) is 29.1 Å². The number of aromatic nitrogens is 4. The fourth-order valence-electron chi connectivity index (χ4n) is 2.99. The lowest BCUT2D eigenvalue weighted by Crippen LogP contribution is -2.35. The van der Waals surface area contributed by atoms with Gasteiger partial charge in [-0.1, -0.05) is 6.92 Å². The van der Waals surface area contributed by atoms with Crippen LogP contribution in [0.2, 0.25) is 0 Å². The van der Waals surface area contributed by atoms with Crippen LogP contribution in [0.3, 0.4) is 0 Å². The Balaban J connectivity index is 1.99. The van der Waals surface area contributed by atoms with Crippen LogP contribution in [0.25, 0.3) is 11.2 Å². The van der Waals surface area contributed by atoms with Crippen LogP contribution in [0.1, 0.15) is 19.6 Å². The van der Waals surface area contributed by atoms with E-state index in [1.807, 2.05) is 6.92 Å². The Kier molecular flexibility index (Phi) is 4.01.